The van der Waals surface area contributed by atoms with Crippen LogP contribution in [0.3, 0.4) is 0 Å². The van der Waals surface area contributed by atoms with Gasteiger partial charge in [0.25, 0.3) is 0 Å². The Hall–Kier alpha value is -0.450. The molecule has 15 heavy (non-hydrogen) atoms. The molecule has 0 aliphatic carbocycles. The molecule has 4 heteroatoms. The topological polar surface area (TPSA) is 25.4 Å². The third kappa shape index (κ3) is 3.26. The van der Waals surface area contributed by atoms with Crippen molar-refractivity contribution in [3.8, 4) is 0 Å². The molecule has 3 nitrogen and oxygen atoms in total. The number of pyridine rings is 1. The summed E-state index contributed by atoms with van der Waals surface area (Å²) >= 11 is 3.38. The number of hydrogen-bond donors (Lipinski definition) is 0. The second kappa shape index (κ2) is 5.05. The van der Waals surface area contributed by atoms with Gasteiger partial charge in [-0.15, -0.1) is 0 Å². The van der Waals surface area contributed by atoms with Crippen molar-refractivity contribution >= 4 is 15.9 Å². The fourth-order valence-electron chi connectivity index (χ4n) is 1.76. The Balaban J connectivity index is 1.93. The van der Waals surface area contributed by atoms with Crippen molar-refractivity contribution in [1.29, 1.82) is 0 Å². The van der Waals surface area contributed by atoms with Gasteiger partial charge in [0.2, 0.25) is 0 Å². The number of nitrogens with zero attached hydrogens (tertiary/aromatic N) is 2. The first kappa shape index (κ1) is 11.0. The van der Waals surface area contributed by atoms with E-state index in [-0.39, 0.29) is 0 Å². The standard InChI is InChI=1S/C11H15BrN2O/c1-9-7-14(4-5-15-9)8-11-3-2-10(12)6-13-11/h2-3,6,9H,4-5,7-8H2,1H3. The van der Waals surface area contributed by atoms with Crippen LogP contribution in [0.25, 0.3) is 0 Å². The highest BCUT2D eigenvalue weighted by Crippen LogP contribution is 2.11. The van der Waals surface area contributed by atoms with Crippen LogP contribution in [0.15, 0.2) is 22.8 Å². The van der Waals surface area contributed by atoms with Crippen LogP contribution in [0.5, 0.6) is 0 Å². The van der Waals surface area contributed by atoms with Crippen LogP contribution in [0.1, 0.15) is 12.6 Å². The summed E-state index contributed by atoms with van der Waals surface area (Å²) < 4.78 is 6.52. The van der Waals surface area contributed by atoms with Gasteiger partial charge in [-0.2, -0.15) is 0 Å². The Labute approximate surface area is 98.6 Å². The zero-order chi connectivity index (χ0) is 10.7. The highest BCUT2D eigenvalue weighted by molar-refractivity contribution is 9.10. The minimum absolute atomic E-state index is 0.342. The number of hydrogen-bond acceptors (Lipinski definition) is 3. The fraction of sp³-hybridized carbons (Fsp3) is 0.545. The van der Waals surface area contributed by atoms with Crippen molar-refractivity contribution < 1.29 is 4.74 Å². The summed E-state index contributed by atoms with van der Waals surface area (Å²) in [6, 6.07) is 4.09. The van der Waals surface area contributed by atoms with E-state index in [9.17, 15) is 0 Å². The highest BCUT2D eigenvalue weighted by Gasteiger charge is 2.16. The quantitative estimate of drug-likeness (QED) is 0.823. The van der Waals surface area contributed by atoms with Gasteiger partial charge in [0, 0.05) is 30.3 Å². The van der Waals surface area contributed by atoms with Crippen LogP contribution in [0.4, 0.5) is 0 Å². The molecule has 0 spiro atoms. The van der Waals surface area contributed by atoms with Gasteiger partial charge in [0.15, 0.2) is 0 Å². The van der Waals surface area contributed by atoms with Gasteiger partial charge in [-0.05, 0) is 35.0 Å². The molecule has 1 fully saturated rings. The zero-order valence-corrected chi connectivity index (χ0v) is 10.4. The van der Waals surface area contributed by atoms with Crippen molar-refractivity contribution in [2.24, 2.45) is 0 Å². The highest BCUT2D eigenvalue weighted by atomic mass is 79.9. The monoisotopic (exact) mass is 270 g/mol. The maximum Gasteiger partial charge on any atom is 0.0674 e. The molecule has 0 N–H and O–H groups in total. The Morgan fingerprint density at radius 1 is 1.60 bits per heavy atom. The molecule has 1 aromatic heterocycles. The van der Waals surface area contributed by atoms with Gasteiger partial charge >= 0.3 is 0 Å². The molecule has 0 saturated carbocycles. The summed E-state index contributed by atoms with van der Waals surface area (Å²) in [7, 11) is 0. The summed E-state index contributed by atoms with van der Waals surface area (Å²) in [6.45, 7) is 5.86. The third-order valence-corrected chi connectivity index (χ3v) is 2.97. The second-order valence-electron chi connectivity index (χ2n) is 3.88. The van der Waals surface area contributed by atoms with E-state index in [0.717, 1.165) is 36.4 Å². The lowest BCUT2D eigenvalue weighted by Crippen LogP contribution is -2.40. The van der Waals surface area contributed by atoms with Crippen LogP contribution in [-0.4, -0.2) is 35.7 Å². The Morgan fingerprint density at radius 2 is 2.47 bits per heavy atom. The molecule has 0 radical (unpaired) electrons. The van der Waals surface area contributed by atoms with Gasteiger partial charge < -0.3 is 4.74 Å². The van der Waals surface area contributed by atoms with E-state index in [1.165, 1.54) is 0 Å². The number of halogens is 1. The predicted molar refractivity (Wildman–Crippen MR) is 62.6 cm³/mol. The van der Waals surface area contributed by atoms with Crippen LogP contribution in [0, 0.1) is 0 Å². The molecule has 1 unspecified atom stereocenters. The first-order valence-corrected chi connectivity index (χ1v) is 5.98. The van der Waals surface area contributed by atoms with Gasteiger partial charge in [-0.1, -0.05) is 0 Å². The van der Waals surface area contributed by atoms with Crippen molar-refractivity contribution in [2.45, 2.75) is 19.6 Å². The molecule has 82 valence electrons. The molecular weight excluding hydrogens is 256 g/mol. The van der Waals surface area contributed by atoms with Gasteiger partial charge in [0.05, 0.1) is 18.4 Å². The molecule has 1 saturated heterocycles. The predicted octanol–water partition coefficient (Wildman–Crippen LogP) is 2.06. The van der Waals surface area contributed by atoms with Crippen LogP contribution < -0.4 is 0 Å². The maximum atomic E-state index is 5.50. The smallest absolute Gasteiger partial charge is 0.0674 e. The summed E-state index contributed by atoms with van der Waals surface area (Å²) in [6.07, 6.45) is 2.19. The minimum Gasteiger partial charge on any atom is -0.376 e. The van der Waals surface area contributed by atoms with E-state index in [1.54, 1.807) is 0 Å². The SMILES string of the molecule is CC1CN(Cc2ccc(Br)cn2)CCO1. The Bertz CT molecular complexity index is 315. The summed E-state index contributed by atoms with van der Waals surface area (Å²) in [5.41, 5.74) is 1.12. The molecule has 0 amide bonds. The van der Waals surface area contributed by atoms with E-state index in [4.69, 9.17) is 4.74 Å². The minimum atomic E-state index is 0.342. The van der Waals surface area contributed by atoms with E-state index < -0.39 is 0 Å². The van der Waals surface area contributed by atoms with Crippen molar-refractivity contribution in [3.05, 3.63) is 28.5 Å². The van der Waals surface area contributed by atoms with E-state index in [2.05, 4.69) is 38.8 Å². The van der Waals surface area contributed by atoms with Crippen LogP contribution >= 0.6 is 15.9 Å². The molecule has 1 aromatic rings. The number of rotatable bonds is 2. The average molecular weight is 271 g/mol. The first-order valence-electron chi connectivity index (χ1n) is 5.18. The normalized spacial score (nSPS) is 22.9. The fourth-order valence-corrected chi connectivity index (χ4v) is 2.00. The lowest BCUT2D eigenvalue weighted by Gasteiger charge is -2.30. The summed E-state index contributed by atoms with van der Waals surface area (Å²) in [5, 5.41) is 0. The van der Waals surface area contributed by atoms with Crippen LogP contribution in [0.2, 0.25) is 0 Å². The molecule has 1 aliphatic rings. The van der Waals surface area contributed by atoms with Crippen molar-refractivity contribution in [1.82, 2.24) is 9.88 Å². The Kier molecular flexibility index (Phi) is 3.72. The van der Waals surface area contributed by atoms with Crippen molar-refractivity contribution in [2.75, 3.05) is 19.7 Å². The van der Waals surface area contributed by atoms with Crippen molar-refractivity contribution in [3.63, 3.8) is 0 Å². The zero-order valence-electron chi connectivity index (χ0n) is 8.82. The molecular formula is C11H15BrN2O. The largest absolute Gasteiger partial charge is 0.376 e. The number of morpholine rings is 1. The number of aromatic nitrogens is 1. The lowest BCUT2D eigenvalue weighted by atomic mass is 10.2. The molecule has 0 bridgehead atoms. The number of ether oxygens (including phenoxy) is 1. The first-order chi connectivity index (χ1) is 7.24. The molecule has 1 atom stereocenters. The van der Waals surface area contributed by atoms with Gasteiger partial charge in [-0.25, -0.2) is 0 Å². The van der Waals surface area contributed by atoms with Gasteiger partial charge in [0.1, 0.15) is 0 Å². The average Bonchev–Trinajstić information content (AvgIpc) is 2.22. The Morgan fingerprint density at radius 3 is 3.13 bits per heavy atom. The molecule has 2 rings (SSSR count). The summed E-state index contributed by atoms with van der Waals surface area (Å²) in [4.78, 5) is 6.75. The molecule has 1 aliphatic heterocycles. The van der Waals surface area contributed by atoms with E-state index in [1.807, 2.05) is 12.3 Å². The molecule has 0 aromatic carbocycles. The second-order valence-corrected chi connectivity index (χ2v) is 4.80. The van der Waals surface area contributed by atoms with Gasteiger partial charge in [-0.3, -0.25) is 9.88 Å². The maximum absolute atomic E-state index is 5.50. The van der Waals surface area contributed by atoms with E-state index in [0.29, 0.717) is 6.10 Å². The third-order valence-electron chi connectivity index (χ3n) is 2.50. The lowest BCUT2D eigenvalue weighted by molar-refractivity contribution is -0.0215. The van der Waals surface area contributed by atoms with Crippen LogP contribution in [-0.2, 0) is 11.3 Å². The summed E-state index contributed by atoms with van der Waals surface area (Å²) in [5.74, 6) is 0. The van der Waals surface area contributed by atoms with E-state index >= 15 is 0 Å². The molecule has 2 heterocycles.